The zero-order chi connectivity index (χ0) is 44.4. The van der Waals surface area contributed by atoms with Gasteiger partial charge in [-0.25, -0.2) is 4.98 Å². The van der Waals surface area contributed by atoms with E-state index >= 15 is 0 Å². The van der Waals surface area contributed by atoms with Crippen LogP contribution in [0.25, 0.3) is 72.7 Å². The van der Waals surface area contributed by atoms with Crippen molar-refractivity contribution in [3.8, 4) is 67.5 Å². The van der Waals surface area contributed by atoms with E-state index in [-0.39, 0.29) is 49.7 Å². The molecule has 8 aromatic rings. The van der Waals surface area contributed by atoms with E-state index in [4.69, 9.17) is 14.6 Å². The summed E-state index contributed by atoms with van der Waals surface area (Å²) in [7, 11) is 0. The molecule has 0 bridgehead atoms. The number of pyridine rings is 1. The number of imidazole rings is 1. The van der Waals surface area contributed by atoms with Crippen molar-refractivity contribution in [2.45, 2.75) is 46.5 Å². The minimum absolute atomic E-state index is 0. The summed E-state index contributed by atoms with van der Waals surface area (Å²) < 4.78 is 70.9. The van der Waals surface area contributed by atoms with E-state index in [9.17, 15) is 6.48 Å². The summed E-state index contributed by atoms with van der Waals surface area (Å²) >= 11 is 0. The first-order valence-electron chi connectivity index (χ1n) is 22.1. The van der Waals surface area contributed by atoms with Crippen LogP contribution in [0.3, 0.4) is 0 Å². The number of phenols is 1. The second kappa shape index (κ2) is 15.7. The van der Waals surface area contributed by atoms with E-state index in [1.165, 1.54) is 5.56 Å². The Morgan fingerprint density at radius 2 is 1.47 bits per heavy atom. The molecule has 0 aliphatic heterocycles. The Morgan fingerprint density at radius 3 is 2.22 bits per heavy atom. The summed E-state index contributed by atoms with van der Waals surface area (Å²) in [6.45, 7) is 10.5. The molecule has 0 fully saturated rings. The van der Waals surface area contributed by atoms with Crippen LogP contribution in [0.5, 0.6) is 5.75 Å². The summed E-state index contributed by atoms with van der Waals surface area (Å²) in [5, 5.41) is 11.3. The zero-order valence-corrected chi connectivity index (χ0v) is 33.5. The maximum absolute atomic E-state index is 11.3. The van der Waals surface area contributed by atoms with Crippen molar-refractivity contribution in [1.82, 2.24) is 14.5 Å². The van der Waals surface area contributed by atoms with Gasteiger partial charge in [0, 0.05) is 38.6 Å². The fourth-order valence-corrected chi connectivity index (χ4v) is 6.87. The van der Waals surface area contributed by atoms with Crippen molar-refractivity contribution in [2.75, 3.05) is 0 Å². The smallest absolute Gasteiger partial charge is 0.148 e. The second-order valence-corrected chi connectivity index (χ2v) is 14.9. The topological polar surface area (TPSA) is 50.9 Å². The largest absolute Gasteiger partial charge is 0.507 e. The molecule has 0 amide bonds. The van der Waals surface area contributed by atoms with Crippen LogP contribution in [-0.2, 0) is 32.9 Å². The molecule has 276 valence electrons. The number of hydrogen-bond donors (Lipinski definition) is 1. The Labute approximate surface area is 350 Å². The van der Waals surface area contributed by atoms with Crippen molar-refractivity contribution in [1.29, 1.82) is 0 Å². The summed E-state index contributed by atoms with van der Waals surface area (Å²) in [5.41, 5.74) is 7.66. The van der Waals surface area contributed by atoms with Crippen LogP contribution < -0.4 is 0 Å². The number of para-hydroxylation sites is 2. The minimum atomic E-state index is -0.604. The number of hydrogen-bond acceptors (Lipinski definition) is 3. The molecule has 55 heavy (non-hydrogen) atoms. The van der Waals surface area contributed by atoms with Crippen molar-refractivity contribution >= 4 is 11.0 Å². The van der Waals surface area contributed by atoms with Gasteiger partial charge in [0.2, 0.25) is 0 Å². The fourth-order valence-electron chi connectivity index (χ4n) is 6.87. The van der Waals surface area contributed by atoms with Gasteiger partial charge in [-0.1, -0.05) is 143 Å². The van der Waals surface area contributed by atoms with Gasteiger partial charge in [-0.15, -0.1) is 29.3 Å². The first kappa shape index (κ1) is 28.8. The van der Waals surface area contributed by atoms with E-state index < -0.39 is 47.8 Å². The van der Waals surface area contributed by atoms with Crippen LogP contribution >= 0.6 is 0 Å². The molecular weight excluding hydrogens is 854 g/mol. The zero-order valence-electron chi connectivity index (χ0n) is 39.2. The molecule has 6 aromatic carbocycles. The molecule has 2 aromatic heterocycles. The van der Waals surface area contributed by atoms with Crippen LogP contribution in [0, 0.1) is 12.0 Å². The van der Waals surface area contributed by atoms with Gasteiger partial charge in [0.1, 0.15) is 11.6 Å². The van der Waals surface area contributed by atoms with Gasteiger partial charge in [0.25, 0.3) is 0 Å². The summed E-state index contributed by atoms with van der Waals surface area (Å²) in [6, 6.07) is 33.2. The molecule has 0 spiro atoms. The Kier molecular flexibility index (Phi) is 8.20. The number of nitrogens with zero attached hydrogens (tertiary/aromatic N) is 3. The maximum atomic E-state index is 11.3. The van der Waals surface area contributed by atoms with Gasteiger partial charge in [0.05, 0.1) is 27.6 Å². The van der Waals surface area contributed by atoms with Gasteiger partial charge < -0.3 is 5.11 Å². The Bertz CT molecular complexity index is 3040. The molecule has 0 saturated carbocycles. The van der Waals surface area contributed by atoms with Crippen molar-refractivity contribution in [3.63, 3.8) is 0 Å². The molecule has 0 unspecified atom stereocenters. The van der Waals surface area contributed by atoms with E-state index in [1.54, 1.807) is 12.1 Å². The number of phenolic OH excluding ortho intramolecular Hbond substituents is 1. The summed E-state index contributed by atoms with van der Waals surface area (Å²) in [5.74, 6) is 0.987. The molecule has 2 heterocycles. The number of aromatic nitrogens is 3. The first-order valence-corrected chi connectivity index (χ1v) is 18.1. The molecule has 0 atom stereocenters. The molecule has 0 aliphatic rings. The van der Waals surface area contributed by atoms with Crippen molar-refractivity contribution in [3.05, 3.63) is 169 Å². The quantitative estimate of drug-likeness (QED) is 0.155. The Morgan fingerprint density at radius 1 is 0.745 bits per heavy atom. The number of fused-ring (bicyclic) bond motifs is 1. The number of rotatable bonds is 8. The van der Waals surface area contributed by atoms with Gasteiger partial charge in [0.15, 0.2) is 0 Å². The second-order valence-electron chi connectivity index (χ2n) is 14.9. The fraction of sp³-hybridized carbons (Fsp3) is 0.160. The normalized spacial score (nSPS) is 13.6. The standard InChI is InChI=1S/C50H44N3O.Pt/c1-33(2)27-37-31-41(23-24-42(37)35-17-10-7-11-18-35)53-46-21-14-20-43(48(46)52-49(53)44-19-12-13-22-47(44)54)38-28-39(30-40(29-38)50(3,4)5)45-32-36(25-26-51-45)34-15-8-6-9-16-34;/h6-26,29-33,54H,27H2,1-5H3;/q-1;/i6D,8D,9D,15D,16D,25D,26D,32D;. The third kappa shape index (κ3) is 7.70. The van der Waals surface area contributed by atoms with E-state index in [1.807, 2.05) is 81.4 Å². The molecular formula is C50H44N3OPt-. The third-order valence-corrected chi connectivity index (χ3v) is 9.51. The molecule has 4 nitrogen and oxygen atoms in total. The molecule has 0 saturated heterocycles. The summed E-state index contributed by atoms with van der Waals surface area (Å²) in [4.78, 5) is 9.68. The SMILES string of the molecule is [2H]c1nc(-c2[c-]c(-c3cccc4c3nc(-c3ccccc3O)n4-c3ccc(-c4ccccc4)c(CC(C)C)c3)cc(C(C)(C)C)c2)c([2H])c(-c2c([2H])c([2H])c([2H])c([2H])c2[2H])c1[2H].[Pt]. The van der Waals surface area contributed by atoms with Crippen LogP contribution in [0.1, 0.15) is 56.7 Å². The van der Waals surface area contributed by atoms with Crippen LogP contribution in [-0.4, -0.2) is 19.6 Å². The molecule has 0 aliphatic carbocycles. The van der Waals surface area contributed by atoms with Crippen LogP contribution in [0.15, 0.2) is 152 Å². The van der Waals surface area contributed by atoms with E-state index in [2.05, 4.69) is 59.8 Å². The summed E-state index contributed by atoms with van der Waals surface area (Å²) in [6.07, 6.45) is 0.321. The Balaban J connectivity index is 0.00000595. The van der Waals surface area contributed by atoms with E-state index in [0.29, 0.717) is 39.5 Å². The van der Waals surface area contributed by atoms with Gasteiger partial charge >= 0.3 is 0 Å². The average Bonchev–Trinajstić information content (AvgIpc) is 3.64. The van der Waals surface area contributed by atoms with E-state index in [0.717, 1.165) is 34.3 Å². The van der Waals surface area contributed by atoms with Gasteiger partial charge in [-0.2, -0.15) is 0 Å². The van der Waals surface area contributed by atoms with Crippen LogP contribution in [0.2, 0.25) is 0 Å². The van der Waals surface area contributed by atoms with Gasteiger partial charge in [-0.3, -0.25) is 9.55 Å². The van der Waals surface area contributed by atoms with Crippen LogP contribution in [0.4, 0.5) is 0 Å². The monoisotopic (exact) mass is 905 g/mol. The maximum Gasteiger partial charge on any atom is 0.148 e. The van der Waals surface area contributed by atoms with Crippen molar-refractivity contribution < 1.29 is 37.1 Å². The number of benzene rings is 6. The molecule has 8 rings (SSSR count). The van der Waals surface area contributed by atoms with Gasteiger partial charge in [-0.05, 0) is 81.9 Å². The molecule has 5 heteroatoms. The average molecular weight is 906 g/mol. The molecule has 1 N–H and O–H groups in total. The Hall–Kier alpha value is -5.57. The minimum Gasteiger partial charge on any atom is -0.507 e. The predicted molar refractivity (Wildman–Crippen MR) is 224 cm³/mol. The predicted octanol–water partition coefficient (Wildman–Crippen LogP) is 12.8. The first-order chi connectivity index (χ1) is 29.5. The molecule has 0 radical (unpaired) electrons. The number of aromatic hydroxyl groups is 1. The van der Waals surface area contributed by atoms with Crippen molar-refractivity contribution in [2.24, 2.45) is 5.92 Å². The third-order valence-electron chi connectivity index (χ3n) is 9.51.